The number of anilines is 1. The van der Waals surface area contributed by atoms with Crippen LogP contribution in [0.4, 0.5) is 5.13 Å². The smallest absolute Gasteiger partial charge is 0.203 e. The Hall–Kier alpha value is 0.110. The third kappa shape index (κ3) is 8.25. The Morgan fingerprint density at radius 3 is 2.67 bits per heavy atom. The number of nitrogens with zero attached hydrogens (tertiary/aromatic N) is 3. The highest BCUT2D eigenvalue weighted by atomic mass is 35.5. The van der Waals surface area contributed by atoms with Crippen molar-refractivity contribution in [2.75, 3.05) is 31.3 Å². The van der Waals surface area contributed by atoms with Gasteiger partial charge in [0.15, 0.2) is 5.17 Å². The molecule has 0 fully saturated rings. The van der Waals surface area contributed by atoms with Gasteiger partial charge in [-0.2, -0.15) is 11.8 Å². The number of amidine groups is 1. The van der Waals surface area contributed by atoms with Gasteiger partial charge in [-0.05, 0) is 6.26 Å². The first-order valence-electron chi connectivity index (χ1n) is 4.68. The van der Waals surface area contributed by atoms with Gasteiger partial charge in [-0.15, -0.1) is 35.0 Å². The first-order valence-corrected chi connectivity index (χ1v) is 7.87. The van der Waals surface area contributed by atoms with Crippen molar-refractivity contribution < 1.29 is 0 Å². The molecule has 1 heterocycles. The van der Waals surface area contributed by atoms with Crippen molar-refractivity contribution in [3.05, 3.63) is 5.01 Å². The van der Waals surface area contributed by atoms with Crippen molar-refractivity contribution in [2.24, 2.45) is 4.99 Å². The van der Waals surface area contributed by atoms with Crippen LogP contribution in [0.15, 0.2) is 4.99 Å². The van der Waals surface area contributed by atoms with Crippen LogP contribution >= 0.6 is 59.7 Å². The van der Waals surface area contributed by atoms with Crippen LogP contribution in [0, 0.1) is 0 Å². The van der Waals surface area contributed by atoms with Gasteiger partial charge in [0.1, 0.15) is 5.01 Å². The van der Waals surface area contributed by atoms with Crippen LogP contribution in [-0.4, -0.2) is 41.0 Å². The zero-order valence-electron chi connectivity index (χ0n) is 10.1. The third-order valence-electron chi connectivity index (χ3n) is 1.61. The van der Waals surface area contributed by atoms with E-state index >= 15 is 0 Å². The highest BCUT2D eigenvalue weighted by Gasteiger charge is 2.00. The second kappa shape index (κ2) is 12.2. The molecule has 0 atom stereocenters. The summed E-state index contributed by atoms with van der Waals surface area (Å²) in [4.78, 5) is 4.39. The van der Waals surface area contributed by atoms with Gasteiger partial charge in [0.2, 0.25) is 5.13 Å². The lowest BCUT2D eigenvalue weighted by atomic mass is 10.8. The highest BCUT2D eigenvalue weighted by Crippen LogP contribution is 2.17. The first-order chi connectivity index (χ1) is 7.76. The number of aliphatic imine (C=N–C) groups is 1. The van der Waals surface area contributed by atoms with Crippen LogP contribution in [0.2, 0.25) is 0 Å². The lowest BCUT2D eigenvalue weighted by molar-refractivity contribution is 1.04. The molecule has 1 aromatic rings. The molecule has 3 N–H and O–H groups in total. The zero-order valence-corrected chi connectivity index (χ0v) is 14.2. The number of rotatable bonds is 5. The number of nitrogens with two attached hydrogens (primary N) is 1. The molecular formula is C8H17Cl2N5S3. The van der Waals surface area contributed by atoms with Crippen LogP contribution in [0.1, 0.15) is 5.01 Å². The average Bonchev–Trinajstić information content (AvgIpc) is 2.70. The molecule has 1 aromatic heterocycles. The number of hydrogen-bond acceptors (Lipinski definition) is 7. The molecule has 5 nitrogen and oxygen atoms in total. The maximum atomic E-state index is 5.49. The van der Waals surface area contributed by atoms with Crippen molar-refractivity contribution in [1.82, 2.24) is 15.5 Å². The lowest BCUT2D eigenvalue weighted by Gasteiger charge is -2.00. The van der Waals surface area contributed by atoms with Crippen LogP contribution in [0.3, 0.4) is 0 Å². The molecule has 0 aliphatic carbocycles. The Balaban J connectivity index is 0. The normalized spacial score (nSPS) is 10.4. The predicted octanol–water partition coefficient (Wildman–Crippen LogP) is 2.14. The number of halogens is 2. The van der Waals surface area contributed by atoms with Crippen molar-refractivity contribution in [3.8, 4) is 0 Å². The second-order valence-corrected chi connectivity index (χ2v) is 5.72. The highest BCUT2D eigenvalue weighted by molar-refractivity contribution is 8.13. The van der Waals surface area contributed by atoms with Gasteiger partial charge in [0.25, 0.3) is 0 Å². The number of nitrogen functional groups attached to an aromatic ring is 1. The Morgan fingerprint density at radius 1 is 1.44 bits per heavy atom. The fraction of sp³-hybridized carbons (Fsp3) is 0.625. The number of nitrogens with one attached hydrogen (secondary N) is 1. The maximum absolute atomic E-state index is 5.49. The predicted molar refractivity (Wildman–Crippen MR) is 89.9 cm³/mol. The fourth-order valence-electron chi connectivity index (χ4n) is 0.942. The van der Waals surface area contributed by atoms with Gasteiger partial charge in [-0.25, -0.2) is 0 Å². The monoisotopic (exact) mass is 349 g/mol. The largest absolute Gasteiger partial charge is 0.374 e. The summed E-state index contributed by atoms with van der Waals surface area (Å²) in [6, 6.07) is 0. The molecule has 0 radical (unpaired) electrons. The fourth-order valence-corrected chi connectivity index (χ4v) is 2.85. The molecule has 0 bridgehead atoms. The quantitative estimate of drug-likeness (QED) is 0.481. The van der Waals surface area contributed by atoms with E-state index in [-0.39, 0.29) is 24.8 Å². The molecule has 0 aliphatic heterocycles. The van der Waals surface area contributed by atoms with Crippen molar-refractivity contribution >= 4 is 70.0 Å². The van der Waals surface area contributed by atoms with E-state index in [4.69, 9.17) is 5.73 Å². The zero-order chi connectivity index (χ0) is 11.8. The second-order valence-electron chi connectivity index (χ2n) is 2.73. The molecule has 0 saturated carbocycles. The summed E-state index contributed by atoms with van der Waals surface area (Å²) < 4.78 is 0. The van der Waals surface area contributed by atoms with Gasteiger partial charge in [0, 0.05) is 18.6 Å². The summed E-state index contributed by atoms with van der Waals surface area (Å²) in [5.41, 5.74) is 5.49. The van der Waals surface area contributed by atoms with E-state index in [1.54, 1.807) is 23.5 Å². The van der Waals surface area contributed by atoms with E-state index in [9.17, 15) is 0 Å². The van der Waals surface area contributed by atoms with Crippen molar-refractivity contribution in [1.29, 1.82) is 0 Å². The van der Waals surface area contributed by atoms with E-state index in [1.807, 2.05) is 13.3 Å². The third-order valence-corrected chi connectivity index (χ3v) is 4.21. The van der Waals surface area contributed by atoms with Crippen molar-refractivity contribution in [2.45, 2.75) is 5.75 Å². The Kier molecular flexibility index (Phi) is 13.8. The van der Waals surface area contributed by atoms with Gasteiger partial charge >= 0.3 is 0 Å². The molecule has 106 valence electrons. The van der Waals surface area contributed by atoms with E-state index in [1.165, 1.54) is 11.3 Å². The minimum Gasteiger partial charge on any atom is -0.374 e. The van der Waals surface area contributed by atoms with Gasteiger partial charge < -0.3 is 11.1 Å². The van der Waals surface area contributed by atoms with Crippen LogP contribution in [0.5, 0.6) is 0 Å². The maximum Gasteiger partial charge on any atom is 0.203 e. The average molecular weight is 350 g/mol. The van der Waals surface area contributed by atoms with Gasteiger partial charge in [-0.1, -0.05) is 23.1 Å². The van der Waals surface area contributed by atoms with Crippen LogP contribution < -0.4 is 11.1 Å². The SMILES string of the molecule is CNC(=NCCSCc1nnc(N)s1)SC.Cl.Cl. The molecule has 18 heavy (non-hydrogen) atoms. The van der Waals surface area contributed by atoms with E-state index in [2.05, 4.69) is 20.5 Å². The summed E-state index contributed by atoms with van der Waals surface area (Å²) in [5.74, 6) is 1.84. The van der Waals surface area contributed by atoms with Gasteiger partial charge in [0.05, 0.1) is 6.54 Å². The molecular weight excluding hydrogens is 333 g/mol. The van der Waals surface area contributed by atoms with E-state index < -0.39 is 0 Å². The molecule has 0 aromatic carbocycles. The number of aromatic nitrogens is 2. The summed E-state index contributed by atoms with van der Waals surface area (Å²) in [7, 11) is 1.88. The molecule has 0 aliphatic rings. The lowest BCUT2D eigenvalue weighted by Crippen LogP contribution is -2.14. The minimum atomic E-state index is 0. The molecule has 10 heteroatoms. The summed E-state index contributed by atoms with van der Waals surface area (Å²) in [6.07, 6.45) is 2.01. The first kappa shape index (κ1) is 20.4. The molecule has 0 spiro atoms. The Labute approximate surface area is 132 Å². The molecule has 0 saturated heterocycles. The van der Waals surface area contributed by atoms with Gasteiger partial charge in [-0.3, -0.25) is 4.99 Å². The minimum absolute atomic E-state index is 0. The van der Waals surface area contributed by atoms with Crippen LogP contribution in [-0.2, 0) is 5.75 Å². The number of thioether (sulfide) groups is 2. The van der Waals surface area contributed by atoms with Crippen molar-refractivity contribution in [3.63, 3.8) is 0 Å². The Morgan fingerprint density at radius 2 is 2.17 bits per heavy atom. The van der Waals surface area contributed by atoms with E-state index in [0.717, 1.165) is 28.2 Å². The van der Waals surface area contributed by atoms with Crippen LogP contribution in [0.25, 0.3) is 0 Å². The van der Waals surface area contributed by atoms with E-state index in [0.29, 0.717) is 5.13 Å². The Bertz CT molecular complexity index is 341. The molecule has 0 amide bonds. The molecule has 1 rings (SSSR count). The standard InChI is InChI=1S/C8H15N5S3.2ClH/c1-10-8(14-2)11-3-4-15-5-6-12-13-7(9)16-6;;/h3-5H2,1-2H3,(H2,9,13)(H,10,11);2*1H. The summed E-state index contributed by atoms with van der Waals surface area (Å²) >= 11 is 4.85. The topological polar surface area (TPSA) is 76.2 Å². The summed E-state index contributed by atoms with van der Waals surface area (Å²) in [6.45, 7) is 0.815. The molecule has 0 unspecified atom stereocenters. The summed E-state index contributed by atoms with van der Waals surface area (Å²) in [5, 5.41) is 13.2. The number of hydrogen-bond donors (Lipinski definition) is 2.